The van der Waals surface area contributed by atoms with Gasteiger partial charge in [0.15, 0.2) is 0 Å². The molecule has 0 aromatic heterocycles. The van der Waals surface area contributed by atoms with Gasteiger partial charge in [-0.2, -0.15) is 0 Å². The molecule has 1 aliphatic rings. The first-order valence-corrected chi connectivity index (χ1v) is 4.79. The van der Waals surface area contributed by atoms with Crippen LogP contribution in [0.2, 0.25) is 0 Å². The summed E-state index contributed by atoms with van der Waals surface area (Å²) >= 11 is 0. The van der Waals surface area contributed by atoms with Crippen LogP contribution in [0.25, 0.3) is 0 Å². The second-order valence-corrected chi connectivity index (χ2v) is 4.01. The molecule has 0 amide bonds. The maximum atomic E-state index is 2.42. The molecule has 0 aromatic rings. The Morgan fingerprint density at radius 2 is 1.73 bits per heavy atom. The van der Waals surface area contributed by atoms with Crippen molar-refractivity contribution in [3.05, 3.63) is 0 Å². The normalized spacial score (nSPS) is 23.7. The summed E-state index contributed by atoms with van der Waals surface area (Å²) in [5, 5.41) is 0. The summed E-state index contributed by atoms with van der Waals surface area (Å²) in [7, 11) is 2.21. The minimum atomic E-state index is 0.576. The SMILES string of the molecule is CC.CN1CCCC(C)(C)C1. The Morgan fingerprint density at radius 3 is 2.00 bits per heavy atom. The summed E-state index contributed by atoms with van der Waals surface area (Å²) in [4.78, 5) is 2.42. The highest BCUT2D eigenvalue weighted by Gasteiger charge is 2.23. The summed E-state index contributed by atoms with van der Waals surface area (Å²) in [5.74, 6) is 0. The lowest BCUT2D eigenvalue weighted by molar-refractivity contribution is 0.143. The topological polar surface area (TPSA) is 3.24 Å². The molecule has 1 saturated heterocycles. The Labute approximate surface area is 71.8 Å². The lowest BCUT2D eigenvalue weighted by Crippen LogP contribution is -2.37. The van der Waals surface area contributed by atoms with Crippen molar-refractivity contribution < 1.29 is 0 Å². The van der Waals surface area contributed by atoms with Crippen LogP contribution in [-0.2, 0) is 0 Å². The average Bonchev–Trinajstić information content (AvgIpc) is 1.89. The molecule has 0 N–H and O–H groups in total. The second kappa shape index (κ2) is 4.76. The van der Waals surface area contributed by atoms with E-state index in [0.717, 1.165) is 0 Å². The third kappa shape index (κ3) is 4.41. The molecule has 0 saturated carbocycles. The third-order valence-electron chi connectivity index (χ3n) is 2.09. The molecule has 0 spiro atoms. The van der Waals surface area contributed by atoms with Crippen molar-refractivity contribution >= 4 is 0 Å². The lowest BCUT2D eigenvalue weighted by Gasteiger charge is -2.35. The van der Waals surface area contributed by atoms with Gasteiger partial charge in [-0.1, -0.05) is 27.7 Å². The fraction of sp³-hybridized carbons (Fsp3) is 1.00. The smallest absolute Gasteiger partial charge is 0.00296 e. The van der Waals surface area contributed by atoms with E-state index >= 15 is 0 Å². The Balaban J connectivity index is 0.000000461. The number of hydrogen-bond donors (Lipinski definition) is 0. The van der Waals surface area contributed by atoms with E-state index in [-0.39, 0.29) is 0 Å². The highest BCUT2D eigenvalue weighted by Crippen LogP contribution is 2.26. The van der Waals surface area contributed by atoms with Gasteiger partial charge in [-0.05, 0) is 31.8 Å². The van der Waals surface area contributed by atoms with E-state index < -0.39 is 0 Å². The van der Waals surface area contributed by atoms with Crippen LogP contribution in [0.3, 0.4) is 0 Å². The van der Waals surface area contributed by atoms with E-state index in [1.165, 1.54) is 25.9 Å². The fourth-order valence-corrected chi connectivity index (χ4v) is 1.72. The van der Waals surface area contributed by atoms with E-state index in [1.54, 1.807) is 0 Å². The van der Waals surface area contributed by atoms with Crippen molar-refractivity contribution in [1.82, 2.24) is 4.90 Å². The molecule has 1 nitrogen and oxygen atoms in total. The van der Waals surface area contributed by atoms with Crippen LogP contribution in [0, 0.1) is 5.41 Å². The number of piperidine rings is 1. The maximum absolute atomic E-state index is 2.42. The molecule has 0 atom stereocenters. The van der Waals surface area contributed by atoms with Gasteiger partial charge in [-0.15, -0.1) is 0 Å². The number of likely N-dealkylation sites (tertiary alicyclic amines) is 1. The summed E-state index contributed by atoms with van der Waals surface area (Å²) in [6.45, 7) is 11.3. The molecule has 1 aliphatic heterocycles. The molecule has 1 rings (SSSR count). The first-order valence-electron chi connectivity index (χ1n) is 4.79. The molecule has 0 aliphatic carbocycles. The van der Waals surface area contributed by atoms with Crippen molar-refractivity contribution in [2.24, 2.45) is 5.41 Å². The largest absolute Gasteiger partial charge is 0.306 e. The first kappa shape index (κ1) is 11.0. The zero-order valence-corrected chi connectivity index (χ0v) is 8.78. The summed E-state index contributed by atoms with van der Waals surface area (Å²) in [5.41, 5.74) is 0.576. The predicted octanol–water partition coefficient (Wildman–Crippen LogP) is 2.76. The van der Waals surface area contributed by atoms with Crippen molar-refractivity contribution in [1.29, 1.82) is 0 Å². The van der Waals surface area contributed by atoms with Gasteiger partial charge in [-0.3, -0.25) is 0 Å². The van der Waals surface area contributed by atoms with Crippen molar-refractivity contribution in [3.63, 3.8) is 0 Å². The van der Waals surface area contributed by atoms with Crippen LogP contribution < -0.4 is 0 Å². The number of rotatable bonds is 0. The standard InChI is InChI=1S/C8H17N.C2H6/c1-8(2)5-4-6-9(3)7-8;1-2/h4-7H2,1-3H3;1-2H3. The van der Waals surface area contributed by atoms with Gasteiger partial charge in [-0.25, -0.2) is 0 Å². The summed E-state index contributed by atoms with van der Waals surface area (Å²) in [6, 6.07) is 0. The molecule has 1 heterocycles. The fourth-order valence-electron chi connectivity index (χ4n) is 1.72. The Kier molecular flexibility index (Phi) is 4.74. The predicted molar refractivity (Wildman–Crippen MR) is 51.9 cm³/mol. The van der Waals surface area contributed by atoms with Gasteiger partial charge in [0.25, 0.3) is 0 Å². The van der Waals surface area contributed by atoms with E-state index in [1.807, 2.05) is 13.8 Å². The molecular weight excluding hydrogens is 134 g/mol. The van der Waals surface area contributed by atoms with Gasteiger partial charge in [0, 0.05) is 6.54 Å². The molecule has 11 heavy (non-hydrogen) atoms. The number of hydrogen-bond acceptors (Lipinski definition) is 1. The molecule has 0 bridgehead atoms. The van der Waals surface area contributed by atoms with Crippen LogP contribution in [0.5, 0.6) is 0 Å². The second-order valence-electron chi connectivity index (χ2n) is 4.01. The van der Waals surface area contributed by atoms with Gasteiger partial charge >= 0.3 is 0 Å². The Morgan fingerprint density at radius 1 is 1.18 bits per heavy atom. The molecular formula is C10H23N. The number of nitrogens with zero attached hydrogens (tertiary/aromatic N) is 1. The zero-order chi connectivity index (χ0) is 8.91. The summed E-state index contributed by atoms with van der Waals surface area (Å²) in [6.07, 6.45) is 2.78. The summed E-state index contributed by atoms with van der Waals surface area (Å²) < 4.78 is 0. The molecule has 1 heteroatoms. The zero-order valence-electron chi connectivity index (χ0n) is 8.78. The minimum Gasteiger partial charge on any atom is -0.306 e. The Bertz CT molecular complexity index is 97.0. The highest BCUT2D eigenvalue weighted by molar-refractivity contribution is 4.77. The van der Waals surface area contributed by atoms with E-state index in [0.29, 0.717) is 5.41 Å². The quantitative estimate of drug-likeness (QED) is 0.522. The van der Waals surface area contributed by atoms with Crippen LogP contribution in [0.15, 0.2) is 0 Å². The van der Waals surface area contributed by atoms with Crippen LogP contribution in [0.4, 0.5) is 0 Å². The van der Waals surface area contributed by atoms with Gasteiger partial charge in [0.05, 0.1) is 0 Å². The lowest BCUT2D eigenvalue weighted by atomic mass is 9.84. The maximum Gasteiger partial charge on any atom is 0.00296 e. The van der Waals surface area contributed by atoms with Crippen LogP contribution in [-0.4, -0.2) is 25.0 Å². The van der Waals surface area contributed by atoms with Crippen molar-refractivity contribution in [2.75, 3.05) is 20.1 Å². The van der Waals surface area contributed by atoms with Crippen molar-refractivity contribution in [2.45, 2.75) is 40.5 Å². The van der Waals surface area contributed by atoms with Gasteiger partial charge in [0.2, 0.25) is 0 Å². The monoisotopic (exact) mass is 157 g/mol. The van der Waals surface area contributed by atoms with Crippen LogP contribution >= 0.6 is 0 Å². The molecule has 0 aromatic carbocycles. The molecule has 0 unspecified atom stereocenters. The van der Waals surface area contributed by atoms with Gasteiger partial charge < -0.3 is 4.90 Å². The highest BCUT2D eigenvalue weighted by atomic mass is 15.1. The van der Waals surface area contributed by atoms with E-state index in [9.17, 15) is 0 Å². The van der Waals surface area contributed by atoms with Gasteiger partial charge in [0.1, 0.15) is 0 Å². The van der Waals surface area contributed by atoms with Crippen molar-refractivity contribution in [3.8, 4) is 0 Å². The molecule has 0 radical (unpaired) electrons. The molecule has 1 fully saturated rings. The Hall–Kier alpha value is -0.0400. The minimum absolute atomic E-state index is 0.576. The van der Waals surface area contributed by atoms with Crippen LogP contribution in [0.1, 0.15) is 40.5 Å². The van der Waals surface area contributed by atoms with E-state index in [2.05, 4.69) is 25.8 Å². The average molecular weight is 157 g/mol. The first-order chi connectivity index (χ1) is 5.10. The molecule has 68 valence electrons. The van der Waals surface area contributed by atoms with E-state index in [4.69, 9.17) is 0 Å². The third-order valence-corrected chi connectivity index (χ3v) is 2.09.